The molecule has 6 heteroatoms. The van der Waals surface area contributed by atoms with Crippen LogP contribution in [0.3, 0.4) is 0 Å². The zero-order valence-corrected chi connectivity index (χ0v) is 12.1. The van der Waals surface area contributed by atoms with Gasteiger partial charge in [-0.2, -0.15) is 0 Å². The molecule has 0 aliphatic heterocycles. The molecule has 21 heavy (non-hydrogen) atoms. The molecule has 0 saturated carbocycles. The summed E-state index contributed by atoms with van der Waals surface area (Å²) in [7, 11) is 1.62. The molecule has 0 aliphatic carbocycles. The number of pyridine rings is 1. The van der Waals surface area contributed by atoms with Crippen molar-refractivity contribution in [2.45, 2.75) is 6.92 Å². The van der Waals surface area contributed by atoms with Gasteiger partial charge in [0.2, 0.25) is 0 Å². The van der Waals surface area contributed by atoms with Gasteiger partial charge in [-0.3, -0.25) is 4.79 Å². The van der Waals surface area contributed by atoms with E-state index in [2.05, 4.69) is 9.97 Å². The maximum Gasteiger partial charge on any atom is 0.258 e. The first-order valence-electron chi connectivity index (χ1n) is 6.26. The molecule has 0 bridgehead atoms. The van der Waals surface area contributed by atoms with Crippen molar-refractivity contribution < 1.29 is 4.39 Å². The van der Waals surface area contributed by atoms with Gasteiger partial charge in [0.1, 0.15) is 5.82 Å². The molecular weight excluding hydrogens is 293 g/mol. The second kappa shape index (κ2) is 4.93. The molecule has 1 aromatic carbocycles. The van der Waals surface area contributed by atoms with E-state index in [0.29, 0.717) is 21.5 Å². The van der Waals surface area contributed by atoms with Crippen LogP contribution in [-0.4, -0.2) is 14.5 Å². The number of halogens is 2. The molecule has 2 aromatic heterocycles. The monoisotopic (exact) mass is 303 g/mol. The Balaban J connectivity index is 2.29. The number of nitrogens with zero attached hydrogens (tertiary/aromatic N) is 3. The molecule has 0 atom stereocenters. The summed E-state index contributed by atoms with van der Waals surface area (Å²) in [6.07, 6.45) is 3.08. The third kappa shape index (κ3) is 2.29. The molecule has 3 aromatic rings. The normalized spacial score (nSPS) is 11.0. The highest BCUT2D eigenvalue weighted by Gasteiger charge is 2.13. The molecule has 2 heterocycles. The quantitative estimate of drug-likeness (QED) is 0.694. The second-order valence-electron chi connectivity index (χ2n) is 4.78. The fourth-order valence-electron chi connectivity index (χ4n) is 2.12. The van der Waals surface area contributed by atoms with Crippen molar-refractivity contribution in [3.63, 3.8) is 0 Å². The Morgan fingerprint density at radius 3 is 2.81 bits per heavy atom. The molecule has 0 spiro atoms. The minimum Gasteiger partial charge on any atom is -0.318 e. The molecular formula is C15H11ClFN3O. The van der Waals surface area contributed by atoms with Gasteiger partial charge in [0, 0.05) is 19.4 Å². The Bertz CT molecular complexity index is 921. The molecule has 3 rings (SSSR count). The predicted molar refractivity (Wildman–Crippen MR) is 79.9 cm³/mol. The lowest BCUT2D eigenvalue weighted by molar-refractivity contribution is 0.631. The molecule has 0 radical (unpaired) electrons. The Morgan fingerprint density at radius 1 is 1.33 bits per heavy atom. The van der Waals surface area contributed by atoms with E-state index in [9.17, 15) is 9.18 Å². The summed E-state index contributed by atoms with van der Waals surface area (Å²) in [6, 6.07) is 4.55. The fourth-order valence-corrected chi connectivity index (χ4v) is 2.21. The lowest BCUT2D eigenvalue weighted by Crippen LogP contribution is -2.15. The van der Waals surface area contributed by atoms with E-state index < -0.39 is 5.82 Å². The second-order valence-corrected chi connectivity index (χ2v) is 5.19. The van der Waals surface area contributed by atoms with Gasteiger partial charge in [0.15, 0.2) is 5.82 Å². The highest BCUT2D eigenvalue weighted by molar-refractivity contribution is 6.31. The van der Waals surface area contributed by atoms with Gasteiger partial charge in [0.25, 0.3) is 5.56 Å². The maximum absolute atomic E-state index is 14.3. The SMILES string of the molecule is Cc1nc(-c2cc3ccn(C)c(=O)c3cc2F)ncc1Cl. The lowest BCUT2D eigenvalue weighted by Gasteiger charge is -2.07. The topological polar surface area (TPSA) is 47.8 Å². The van der Waals surface area contributed by atoms with Crippen LogP contribution < -0.4 is 5.56 Å². The van der Waals surface area contributed by atoms with E-state index in [1.807, 2.05) is 0 Å². The van der Waals surface area contributed by atoms with Crippen molar-refractivity contribution in [1.82, 2.24) is 14.5 Å². The first kappa shape index (κ1) is 13.7. The highest BCUT2D eigenvalue weighted by Crippen LogP contribution is 2.25. The zero-order valence-electron chi connectivity index (χ0n) is 11.4. The van der Waals surface area contributed by atoms with Crippen LogP contribution >= 0.6 is 11.6 Å². The Morgan fingerprint density at radius 2 is 2.10 bits per heavy atom. The predicted octanol–water partition coefficient (Wildman–Crippen LogP) is 3.10. The van der Waals surface area contributed by atoms with Gasteiger partial charge in [-0.1, -0.05) is 11.6 Å². The number of rotatable bonds is 1. The first-order valence-corrected chi connectivity index (χ1v) is 6.63. The molecule has 0 amide bonds. The van der Waals surface area contributed by atoms with Crippen molar-refractivity contribution >= 4 is 22.4 Å². The Hall–Kier alpha value is -2.27. The minimum absolute atomic E-state index is 0.244. The van der Waals surface area contributed by atoms with Crippen LogP contribution in [0.15, 0.2) is 35.4 Å². The van der Waals surface area contributed by atoms with E-state index in [1.54, 1.807) is 32.3 Å². The zero-order chi connectivity index (χ0) is 15.1. The summed E-state index contributed by atoms with van der Waals surface area (Å²) in [6.45, 7) is 1.72. The van der Waals surface area contributed by atoms with Gasteiger partial charge >= 0.3 is 0 Å². The Kier molecular flexibility index (Phi) is 3.22. The van der Waals surface area contributed by atoms with Crippen molar-refractivity contribution in [2.24, 2.45) is 7.05 Å². The molecule has 0 N–H and O–H groups in total. The summed E-state index contributed by atoms with van der Waals surface area (Å²) in [4.78, 5) is 20.2. The summed E-state index contributed by atoms with van der Waals surface area (Å²) < 4.78 is 15.7. The van der Waals surface area contributed by atoms with Crippen LogP contribution in [-0.2, 0) is 7.05 Å². The number of hydrogen-bond acceptors (Lipinski definition) is 3. The summed E-state index contributed by atoms with van der Waals surface area (Å²) in [5, 5.41) is 1.39. The van der Waals surface area contributed by atoms with Crippen LogP contribution in [0.5, 0.6) is 0 Å². The van der Waals surface area contributed by atoms with Crippen LogP contribution in [0, 0.1) is 12.7 Å². The van der Waals surface area contributed by atoms with Crippen molar-refractivity contribution in [3.8, 4) is 11.4 Å². The van der Waals surface area contributed by atoms with Crippen molar-refractivity contribution in [1.29, 1.82) is 0 Å². The number of hydrogen-bond donors (Lipinski definition) is 0. The van der Waals surface area contributed by atoms with Gasteiger partial charge in [-0.25, -0.2) is 14.4 Å². The largest absolute Gasteiger partial charge is 0.318 e. The molecule has 0 aliphatic rings. The van der Waals surface area contributed by atoms with E-state index in [4.69, 9.17) is 11.6 Å². The summed E-state index contributed by atoms with van der Waals surface area (Å²) in [5.41, 5.74) is 0.576. The van der Waals surface area contributed by atoms with Crippen LogP contribution in [0.2, 0.25) is 5.02 Å². The summed E-state index contributed by atoms with van der Waals surface area (Å²) in [5.74, 6) is -0.288. The maximum atomic E-state index is 14.3. The minimum atomic E-state index is -0.535. The van der Waals surface area contributed by atoms with Gasteiger partial charge in [-0.05, 0) is 30.5 Å². The van der Waals surface area contributed by atoms with Crippen LogP contribution in [0.1, 0.15) is 5.69 Å². The fraction of sp³-hybridized carbons (Fsp3) is 0.133. The van der Waals surface area contributed by atoms with Gasteiger partial charge in [0.05, 0.1) is 21.7 Å². The molecule has 0 unspecified atom stereocenters. The van der Waals surface area contributed by atoms with Crippen LogP contribution in [0.4, 0.5) is 4.39 Å². The van der Waals surface area contributed by atoms with E-state index in [1.165, 1.54) is 16.8 Å². The summed E-state index contributed by atoms with van der Waals surface area (Å²) >= 11 is 5.88. The standard InChI is InChI=1S/C15H11ClFN3O/c1-8-12(16)7-18-14(19-8)11-5-9-3-4-20(2)15(21)10(9)6-13(11)17/h3-7H,1-2H3. The van der Waals surface area contributed by atoms with Gasteiger partial charge in [-0.15, -0.1) is 0 Å². The highest BCUT2D eigenvalue weighted by atomic mass is 35.5. The average Bonchev–Trinajstić information content (AvgIpc) is 2.46. The third-order valence-corrected chi connectivity index (χ3v) is 3.70. The van der Waals surface area contributed by atoms with E-state index in [0.717, 1.165) is 0 Å². The first-order chi connectivity index (χ1) is 9.97. The molecule has 0 saturated heterocycles. The molecule has 4 nitrogen and oxygen atoms in total. The van der Waals surface area contributed by atoms with Crippen molar-refractivity contribution in [2.75, 3.05) is 0 Å². The van der Waals surface area contributed by atoms with Gasteiger partial charge < -0.3 is 4.57 Å². The number of aromatic nitrogens is 3. The van der Waals surface area contributed by atoms with E-state index >= 15 is 0 Å². The average molecular weight is 304 g/mol. The number of benzene rings is 1. The van der Waals surface area contributed by atoms with Crippen molar-refractivity contribution in [3.05, 3.63) is 57.5 Å². The number of fused-ring (bicyclic) bond motifs is 1. The Labute approximate surface area is 124 Å². The van der Waals surface area contributed by atoms with Crippen LogP contribution in [0.25, 0.3) is 22.2 Å². The van der Waals surface area contributed by atoms with E-state index in [-0.39, 0.29) is 16.9 Å². The molecule has 0 fully saturated rings. The molecule has 106 valence electrons. The smallest absolute Gasteiger partial charge is 0.258 e. The lowest BCUT2D eigenvalue weighted by atomic mass is 10.1. The number of aryl methyl sites for hydroxylation is 2. The third-order valence-electron chi connectivity index (χ3n) is 3.33.